The number of nitrogens with zero attached hydrogens (tertiary/aromatic N) is 3. The summed E-state index contributed by atoms with van der Waals surface area (Å²) in [4.78, 5) is 15.5. The fourth-order valence-corrected chi connectivity index (χ4v) is 2.16. The van der Waals surface area contributed by atoms with Gasteiger partial charge < -0.3 is 9.64 Å². The predicted molar refractivity (Wildman–Crippen MR) is 71.8 cm³/mol. The van der Waals surface area contributed by atoms with E-state index in [2.05, 4.69) is 20.6 Å². The Morgan fingerprint density at radius 2 is 1.89 bits per heavy atom. The fourth-order valence-electron chi connectivity index (χ4n) is 2.16. The molecule has 0 aliphatic carbocycles. The molecule has 1 aliphatic heterocycles. The average molecular weight is 259 g/mol. The van der Waals surface area contributed by atoms with Crippen LogP contribution in [0.2, 0.25) is 0 Å². The van der Waals surface area contributed by atoms with Crippen molar-refractivity contribution in [2.75, 3.05) is 44.7 Å². The van der Waals surface area contributed by atoms with E-state index in [0.717, 1.165) is 31.9 Å². The molecule has 2 rings (SSSR count). The van der Waals surface area contributed by atoms with Crippen molar-refractivity contribution in [3.63, 3.8) is 0 Å². The van der Waals surface area contributed by atoms with Crippen LogP contribution in [0, 0.1) is 11.3 Å². The number of hydrogen-bond acceptors (Lipinski definition) is 5. The molecule has 1 saturated heterocycles. The Hall–Kier alpha value is -2.06. The van der Waals surface area contributed by atoms with E-state index in [1.54, 1.807) is 0 Å². The quantitative estimate of drug-likeness (QED) is 0.753. The molecule has 1 fully saturated rings. The van der Waals surface area contributed by atoms with Gasteiger partial charge in [-0.2, -0.15) is 5.26 Å². The minimum atomic E-state index is -0.188. The fraction of sp³-hybridized carbons (Fsp3) is 0.429. The summed E-state index contributed by atoms with van der Waals surface area (Å²) < 4.78 is 4.67. The van der Waals surface area contributed by atoms with Crippen molar-refractivity contribution in [3.8, 4) is 6.07 Å². The van der Waals surface area contributed by atoms with Gasteiger partial charge in [0.15, 0.2) is 0 Å². The highest BCUT2D eigenvalue weighted by atomic mass is 16.5. The molecular weight excluding hydrogens is 242 g/mol. The van der Waals surface area contributed by atoms with Gasteiger partial charge in [-0.1, -0.05) is 0 Å². The highest BCUT2D eigenvalue weighted by Gasteiger charge is 2.19. The SMILES string of the molecule is COC(=O)CN1CCN(c2ccc(C#N)cc2)CC1. The van der Waals surface area contributed by atoms with Crippen molar-refractivity contribution >= 4 is 11.7 Å². The number of anilines is 1. The standard InChI is InChI=1S/C14H17N3O2/c1-19-14(18)11-16-6-8-17(9-7-16)13-4-2-12(10-15)3-5-13/h2-5H,6-9,11H2,1H3. The van der Waals surface area contributed by atoms with Gasteiger partial charge in [-0.3, -0.25) is 9.69 Å². The van der Waals surface area contributed by atoms with E-state index in [9.17, 15) is 4.79 Å². The third-order valence-corrected chi connectivity index (χ3v) is 3.31. The molecule has 0 spiro atoms. The summed E-state index contributed by atoms with van der Waals surface area (Å²) in [5.41, 5.74) is 1.80. The predicted octanol–water partition coefficient (Wildman–Crippen LogP) is 0.853. The third kappa shape index (κ3) is 3.46. The van der Waals surface area contributed by atoms with E-state index in [1.807, 2.05) is 24.3 Å². The molecule has 0 aromatic heterocycles. The van der Waals surface area contributed by atoms with E-state index in [1.165, 1.54) is 7.11 Å². The molecule has 0 radical (unpaired) electrons. The molecule has 19 heavy (non-hydrogen) atoms. The first-order valence-electron chi connectivity index (χ1n) is 6.27. The van der Waals surface area contributed by atoms with Gasteiger partial charge in [-0.25, -0.2) is 0 Å². The molecule has 5 nitrogen and oxygen atoms in total. The topological polar surface area (TPSA) is 56.6 Å². The lowest BCUT2D eigenvalue weighted by Crippen LogP contribution is -2.48. The average Bonchev–Trinajstić information content (AvgIpc) is 2.48. The molecule has 0 bridgehead atoms. The van der Waals surface area contributed by atoms with Crippen molar-refractivity contribution in [1.29, 1.82) is 5.26 Å². The lowest BCUT2D eigenvalue weighted by molar-refractivity contribution is -0.142. The molecule has 1 heterocycles. The van der Waals surface area contributed by atoms with Gasteiger partial charge in [0.05, 0.1) is 25.3 Å². The zero-order valence-corrected chi connectivity index (χ0v) is 11.0. The maximum absolute atomic E-state index is 11.2. The summed E-state index contributed by atoms with van der Waals surface area (Å²) in [5, 5.41) is 8.77. The van der Waals surface area contributed by atoms with E-state index in [0.29, 0.717) is 12.1 Å². The number of ether oxygens (including phenoxy) is 1. The summed E-state index contributed by atoms with van der Waals surface area (Å²) in [6.45, 7) is 3.80. The van der Waals surface area contributed by atoms with Crippen LogP contribution < -0.4 is 4.90 Å². The van der Waals surface area contributed by atoms with Crippen LogP contribution in [0.25, 0.3) is 0 Å². The number of carbonyl (C=O) groups excluding carboxylic acids is 1. The molecule has 0 amide bonds. The Labute approximate surface area is 113 Å². The monoisotopic (exact) mass is 259 g/mol. The highest BCUT2D eigenvalue weighted by molar-refractivity contribution is 5.71. The normalized spacial score (nSPS) is 15.9. The molecule has 1 aromatic carbocycles. The van der Waals surface area contributed by atoms with Crippen LogP contribution in [-0.4, -0.2) is 50.7 Å². The first-order valence-corrected chi connectivity index (χ1v) is 6.27. The van der Waals surface area contributed by atoms with Gasteiger partial charge in [0.1, 0.15) is 0 Å². The van der Waals surface area contributed by atoms with Crippen LogP contribution in [0.3, 0.4) is 0 Å². The number of hydrogen-bond donors (Lipinski definition) is 0. The third-order valence-electron chi connectivity index (χ3n) is 3.31. The number of carbonyl (C=O) groups is 1. The van der Waals surface area contributed by atoms with Crippen molar-refractivity contribution in [1.82, 2.24) is 4.90 Å². The minimum Gasteiger partial charge on any atom is -0.468 e. The molecule has 0 N–H and O–H groups in total. The highest BCUT2D eigenvalue weighted by Crippen LogP contribution is 2.17. The number of methoxy groups -OCH3 is 1. The van der Waals surface area contributed by atoms with Crippen molar-refractivity contribution < 1.29 is 9.53 Å². The summed E-state index contributed by atoms with van der Waals surface area (Å²) in [6, 6.07) is 9.71. The Balaban J connectivity index is 1.89. The summed E-state index contributed by atoms with van der Waals surface area (Å²) in [5.74, 6) is -0.188. The molecule has 0 unspecified atom stereocenters. The first kappa shape index (κ1) is 13.4. The first-order chi connectivity index (χ1) is 9.22. The molecular formula is C14H17N3O2. The van der Waals surface area contributed by atoms with E-state index < -0.39 is 0 Å². The second kappa shape index (κ2) is 6.21. The number of nitriles is 1. The Kier molecular flexibility index (Phi) is 4.37. The number of benzene rings is 1. The summed E-state index contributed by atoms with van der Waals surface area (Å²) in [7, 11) is 1.41. The van der Waals surface area contributed by atoms with Gasteiger partial charge in [-0.05, 0) is 24.3 Å². The number of esters is 1. The van der Waals surface area contributed by atoms with Crippen LogP contribution in [0.4, 0.5) is 5.69 Å². The van der Waals surface area contributed by atoms with Crippen LogP contribution in [-0.2, 0) is 9.53 Å². The number of piperazine rings is 1. The van der Waals surface area contributed by atoms with Crippen molar-refractivity contribution in [3.05, 3.63) is 29.8 Å². The zero-order chi connectivity index (χ0) is 13.7. The Bertz CT molecular complexity index is 470. The number of rotatable bonds is 3. The second-order valence-electron chi connectivity index (χ2n) is 4.50. The molecule has 5 heteroatoms. The Morgan fingerprint density at radius 3 is 2.42 bits per heavy atom. The lowest BCUT2D eigenvalue weighted by Gasteiger charge is -2.35. The molecule has 1 aliphatic rings. The maximum atomic E-state index is 11.2. The van der Waals surface area contributed by atoms with Gasteiger partial charge >= 0.3 is 5.97 Å². The zero-order valence-electron chi connectivity index (χ0n) is 11.0. The molecule has 1 aromatic rings. The maximum Gasteiger partial charge on any atom is 0.319 e. The van der Waals surface area contributed by atoms with Crippen LogP contribution in [0.5, 0.6) is 0 Å². The van der Waals surface area contributed by atoms with Crippen LogP contribution in [0.1, 0.15) is 5.56 Å². The van der Waals surface area contributed by atoms with Gasteiger partial charge in [0, 0.05) is 31.9 Å². The largest absolute Gasteiger partial charge is 0.468 e. The van der Waals surface area contributed by atoms with Crippen molar-refractivity contribution in [2.45, 2.75) is 0 Å². The van der Waals surface area contributed by atoms with Crippen molar-refractivity contribution in [2.24, 2.45) is 0 Å². The minimum absolute atomic E-state index is 0.188. The van der Waals surface area contributed by atoms with Crippen LogP contribution >= 0.6 is 0 Å². The molecule has 100 valence electrons. The molecule has 0 saturated carbocycles. The van der Waals surface area contributed by atoms with E-state index >= 15 is 0 Å². The van der Waals surface area contributed by atoms with E-state index in [-0.39, 0.29) is 5.97 Å². The van der Waals surface area contributed by atoms with Gasteiger partial charge in [0.25, 0.3) is 0 Å². The summed E-state index contributed by atoms with van der Waals surface area (Å²) >= 11 is 0. The second-order valence-corrected chi connectivity index (χ2v) is 4.50. The lowest BCUT2D eigenvalue weighted by atomic mass is 10.2. The van der Waals surface area contributed by atoms with E-state index in [4.69, 9.17) is 5.26 Å². The summed E-state index contributed by atoms with van der Waals surface area (Å²) in [6.07, 6.45) is 0. The Morgan fingerprint density at radius 1 is 1.26 bits per heavy atom. The smallest absolute Gasteiger partial charge is 0.319 e. The van der Waals surface area contributed by atoms with Gasteiger partial charge in [0.2, 0.25) is 0 Å². The van der Waals surface area contributed by atoms with Crippen LogP contribution in [0.15, 0.2) is 24.3 Å². The van der Waals surface area contributed by atoms with Gasteiger partial charge in [-0.15, -0.1) is 0 Å². The molecule has 0 atom stereocenters.